The van der Waals surface area contributed by atoms with Gasteiger partial charge in [-0.2, -0.15) is 23.1 Å². The fourth-order valence-corrected chi connectivity index (χ4v) is 2.50. The highest BCUT2D eigenvalue weighted by Gasteiger charge is 2.38. The average molecular weight is 356 g/mol. The van der Waals surface area contributed by atoms with Crippen molar-refractivity contribution >= 4 is 0 Å². The maximum absolute atomic E-state index is 13.4. The summed E-state index contributed by atoms with van der Waals surface area (Å²) in [5.41, 5.74) is -0.680. The van der Waals surface area contributed by atoms with E-state index in [0.717, 1.165) is 0 Å². The Kier molecular flexibility index (Phi) is 4.56. The molecule has 1 aromatic heterocycles. The summed E-state index contributed by atoms with van der Waals surface area (Å²) in [4.78, 5) is 7.32. The van der Waals surface area contributed by atoms with Gasteiger partial charge in [0.15, 0.2) is 17.2 Å². The van der Waals surface area contributed by atoms with Gasteiger partial charge in [-0.05, 0) is 17.7 Å². The Balaban J connectivity index is 2.04. The molecule has 0 spiro atoms. The smallest absolute Gasteiger partial charge is 0.434 e. The molecular formula is C16H15F3N2O4. The molecule has 0 fully saturated rings. The fraction of sp³-hybridized carbons (Fsp3) is 0.375. The molecule has 0 saturated carbocycles. The molecule has 2 aromatic rings. The Morgan fingerprint density at radius 2 is 1.76 bits per heavy atom. The van der Waals surface area contributed by atoms with Crippen LogP contribution in [0.3, 0.4) is 0 Å². The minimum absolute atomic E-state index is 0.0847. The Labute approximate surface area is 141 Å². The maximum atomic E-state index is 13.4. The third-order valence-corrected chi connectivity index (χ3v) is 3.58. The zero-order valence-corrected chi connectivity index (χ0v) is 13.5. The molecule has 0 atom stereocenters. The summed E-state index contributed by atoms with van der Waals surface area (Å²) < 4.78 is 60.9. The lowest BCUT2D eigenvalue weighted by atomic mass is 10.0. The predicted octanol–water partition coefficient (Wildman–Crippen LogP) is 2.87. The van der Waals surface area contributed by atoms with Gasteiger partial charge in [0.05, 0.1) is 14.2 Å². The highest BCUT2D eigenvalue weighted by molar-refractivity contribution is 5.46. The molecule has 1 aliphatic heterocycles. The SMILES string of the molecule is COc1nc(OC)c(Cc2ccc3c(c2)OCCO3)c(C(F)(F)F)n1. The molecule has 0 radical (unpaired) electrons. The van der Waals surface area contributed by atoms with E-state index in [-0.39, 0.29) is 17.9 Å². The first kappa shape index (κ1) is 17.1. The van der Waals surface area contributed by atoms with Crippen LogP contribution in [0.4, 0.5) is 13.2 Å². The first-order chi connectivity index (χ1) is 11.9. The number of benzene rings is 1. The summed E-state index contributed by atoms with van der Waals surface area (Å²) in [5.74, 6) is 0.865. The van der Waals surface area contributed by atoms with E-state index in [9.17, 15) is 13.2 Å². The third-order valence-electron chi connectivity index (χ3n) is 3.58. The normalized spacial score (nSPS) is 13.5. The van der Waals surface area contributed by atoms with Crippen molar-refractivity contribution in [3.05, 3.63) is 35.0 Å². The van der Waals surface area contributed by atoms with Crippen LogP contribution in [0.2, 0.25) is 0 Å². The summed E-state index contributed by atoms with van der Waals surface area (Å²) >= 11 is 0. The zero-order chi connectivity index (χ0) is 18.0. The number of ether oxygens (including phenoxy) is 4. The monoisotopic (exact) mass is 356 g/mol. The first-order valence-electron chi connectivity index (χ1n) is 7.37. The molecule has 0 N–H and O–H groups in total. The molecule has 0 aliphatic carbocycles. The number of nitrogens with zero attached hydrogens (tertiary/aromatic N) is 2. The van der Waals surface area contributed by atoms with E-state index in [1.807, 2.05) is 0 Å². The first-order valence-corrected chi connectivity index (χ1v) is 7.37. The molecule has 6 nitrogen and oxygen atoms in total. The quantitative estimate of drug-likeness (QED) is 0.840. The Morgan fingerprint density at radius 1 is 1.04 bits per heavy atom. The van der Waals surface area contributed by atoms with Gasteiger partial charge in [0.25, 0.3) is 0 Å². The van der Waals surface area contributed by atoms with Crippen LogP contribution in [0.5, 0.6) is 23.4 Å². The van der Waals surface area contributed by atoms with Gasteiger partial charge in [0, 0.05) is 12.0 Å². The minimum atomic E-state index is -4.67. The van der Waals surface area contributed by atoms with Crippen molar-refractivity contribution in [3.63, 3.8) is 0 Å². The van der Waals surface area contributed by atoms with Crippen LogP contribution < -0.4 is 18.9 Å². The largest absolute Gasteiger partial charge is 0.486 e. The molecular weight excluding hydrogens is 341 g/mol. The standard InChI is InChI=1S/C16H15F3N2O4/c1-22-14-10(13(16(17,18)19)20-15(21-14)23-2)7-9-3-4-11-12(8-9)25-6-5-24-11/h3-4,8H,5-7H2,1-2H3. The van der Waals surface area contributed by atoms with E-state index < -0.39 is 17.9 Å². The van der Waals surface area contributed by atoms with Crippen molar-refractivity contribution in [1.29, 1.82) is 0 Å². The van der Waals surface area contributed by atoms with Gasteiger partial charge in [-0.15, -0.1) is 0 Å². The lowest BCUT2D eigenvalue weighted by molar-refractivity contribution is -0.142. The molecule has 0 amide bonds. The number of hydrogen-bond donors (Lipinski definition) is 0. The van der Waals surface area contributed by atoms with Crippen molar-refractivity contribution in [3.8, 4) is 23.4 Å². The molecule has 25 heavy (non-hydrogen) atoms. The van der Waals surface area contributed by atoms with Crippen molar-refractivity contribution in [2.24, 2.45) is 0 Å². The molecule has 134 valence electrons. The highest BCUT2D eigenvalue weighted by atomic mass is 19.4. The van der Waals surface area contributed by atoms with Gasteiger partial charge in [-0.1, -0.05) is 6.07 Å². The van der Waals surface area contributed by atoms with Gasteiger partial charge in [0.2, 0.25) is 5.88 Å². The van der Waals surface area contributed by atoms with Gasteiger partial charge < -0.3 is 18.9 Å². The van der Waals surface area contributed by atoms with Crippen molar-refractivity contribution in [2.45, 2.75) is 12.6 Å². The van der Waals surface area contributed by atoms with E-state index in [1.54, 1.807) is 18.2 Å². The Morgan fingerprint density at radius 3 is 2.40 bits per heavy atom. The van der Waals surface area contributed by atoms with Gasteiger partial charge >= 0.3 is 12.2 Å². The average Bonchev–Trinajstić information content (AvgIpc) is 2.60. The molecule has 1 aliphatic rings. The summed E-state index contributed by atoms with van der Waals surface area (Å²) in [6, 6.07) is 4.55. The molecule has 2 heterocycles. The van der Waals surface area contributed by atoms with E-state index >= 15 is 0 Å². The maximum Gasteiger partial charge on any atom is 0.434 e. The molecule has 9 heteroatoms. The lowest BCUT2D eigenvalue weighted by Gasteiger charge is -2.19. The second-order valence-electron chi connectivity index (χ2n) is 5.20. The van der Waals surface area contributed by atoms with Crippen LogP contribution in [0.1, 0.15) is 16.8 Å². The topological polar surface area (TPSA) is 62.7 Å². The van der Waals surface area contributed by atoms with Crippen molar-refractivity contribution in [1.82, 2.24) is 9.97 Å². The van der Waals surface area contributed by atoms with E-state index in [0.29, 0.717) is 30.3 Å². The van der Waals surface area contributed by atoms with Gasteiger partial charge in [-0.3, -0.25) is 0 Å². The molecule has 0 bridgehead atoms. The summed E-state index contributed by atoms with van der Waals surface area (Å²) in [6.07, 6.45) is -4.76. The summed E-state index contributed by atoms with van der Waals surface area (Å²) in [7, 11) is 2.44. The van der Waals surface area contributed by atoms with Gasteiger partial charge in [-0.25, -0.2) is 0 Å². The number of rotatable bonds is 4. The number of halogens is 3. The predicted molar refractivity (Wildman–Crippen MR) is 80.4 cm³/mol. The van der Waals surface area contributed by atoms with Crippen LogP contribution in [0.15, 0.2) is 18.2 Å². The number of hydrogen-bond acceptors (Lipinski definition) is 6. The molecule has 0 unspecified atom stereocenters. The number of alkyl halides is 3. The van der Waals surface area contributed by atoms with Crippen LogP contribution in [-0.4, -0.2) is 37.4 Å². The number of fused-ring (bicyclic) bond motifs is 1. The minimum Gasteiger partial charge on any atom is -0.486 e. The fourth-order valence-electron chi connectivity index (χ4n) is 2.50. The van der Waals surface area contributed by atoms with Crippen LogP contribution >= 0.6 is 0 Å². The van der Waals surface area contributed by atoms with E-state index in [4.69, 9.17) is 18.9 Å². The molecule has 1 aromatic carbocycles. The second kappa shape index (κ2) is 6.66. The summed E-state index contributed by atoms with van der Waals surface area (Å²) in [6.45, 7) is 0.823. The van der Waals surface area contributed by atoms with Gasteiger partial charge in [0.1, 0.15) is 13.2 Å². The van der Waals surface area contributed by atoms with E-state index in [2.05, 4.69) is 9.97 Å². The van der Waals surface area contributed by atoms with Crippen LogP contribution in [-0.2, 0) is 12.6 Å². The van der Waals surface area contributed by atoms with E-state index in [1.165, 1.54) is 14.2 Å². The number of aromatic nitrogens is 2. The number of methoxy groups -OCH3 is 2. The Hall–Kier alpha value is -2.71. The second-order valence-corrected chi connectivity index (χ2v) is 5.20. The van der Waals surface area contributed by atoms with Crippen molar-refractivity contribution in [2.75, 3.05) is 27.4 Å². The zero-order valence-electron chi connectivity index (χ0n) is 13.5. The highest BCUT2D eigenvalue weighted by Crippen LogP contribution is 2.38. The van der Waals surface area contributed by atoms with Crippen LogP contribution in [0.25, 0.3) is 0 Å². The third kappa shape index (κ3) is 3.54. The molecule has 0 saturated heterocycles. The Bertz CT molecular complexity index is 781. The van der Waals surface area contributed by atoms with Crippen LogP contribution in [0, 0.1) is 0 Å². The summed E-state index contributed by atoms with van der Waals surface area (Å²) in [5, 5.41) is 0. The lowest BCUT2D eigenvalue weighted by Crippen LogP contribution is -2.17. The molecule has 3 rings (SSSR count). The van der Waals surface area contributed by atoms with Crippen molar-refractivity contribution < 1.29 is 32.1 Å².